The maximum atomic E-state index is 5.13. The van der Waals surface area contributed by atoms with Gasteiger partial charge in [0.05, 0.1) is 0 Å². The minimum atomic E-state index is 0.947. The Balaban J connectivity index is 2.75. The molecule has 0 aliphatic heterocycles. The van der Waals surface area contributed by atoms with Gasteiger partial charge in [0.25, 0.3) is 0 Å². The van der Waals surface area contributed by atoms with Gasteiger partial charge in [0, 0.05) is 12.2 Å². The molecule has 0 fully saturated rings. The lowest BCUT2D eigenvalue weighted by molar-refractivity contribution is 0.743. The fourth-order valence-electron chi connectivity index (χ4n) is 0.790. The summed E-state index contributed by atoms with van der Waals surface area (Å²) in [5, 5.41) is 0. The third-order valence-electron chi connectivity index (χ3n) is 1.37. The smallest absolute Gasteiger partial charge is 0.0163 e. The summed E-state index contributed by atoms with van der Waals surface area (Å²) in [7, 11) is 0. The largest absolute Gasteiger partial charge is 0.157 e. The van der Waals surface area contributed by atoms with Crippen LogP contribution in [0.2, 0.25) is 0 Å². The lowest BCUT2D eigenvalue weighted by Gasteiger charge is -1.97. The van der Waals surface area contributed by atoms with Gasteiger partial charge < -0.3 is 0 Å². The zero-order valence-electron chi connectivity index (χ0n) is 7.31. The number of thioether (sulfide) groups is 1. The monoisotopic (exact) mass is 169 g/mol. The number of terminal acetylenes is 1. The van der Waals surface area contributed by atoms with E-state index in [1.54, 1.807) is 0 Å². The molecule has 0 unspecified atom stereocenters. The number of hydrogen-bond acceptors (Lipinski definition) is 1. The molecule has 0 atom stereocenters. The average molecular weight is 169 g/mol. The fourth-order valence-corrected chi connectivity index (χ4v) is 1.56. The zero-order chi connectivity index (χ0) is 8.36. The minimum absolute atomic E-state index is 0.947. The highest BCUT2D eigenvalue weighted by atomic mass is 32.2. The van der Waals surface area contributed by atoms with Crippen molar-refractivity contribution < 1.29 is 0 Å². The van der Waals surface area contributed by atoms with Crippen LogP contribution in [-0.2, 0) is 0 Å². The molecule has 0 bridgehead atoms. The van der Waals surface area contributed by atoms with E-state index >= 15 is 0 Å². The Hall–Kier alpha value is -0.0900. The second-order valence-electron chi connectivity index (χ2n) is 2.46. The SMILES string of the molecule is C#CCCCCCS[CH]CC. The highest BCUT2D eigenvalue weighted by molar-refractivity contribution is 8.01. The Morgan fingerprint density at radius 1 is 1.36 bits per heavy atom. The second kappa shape index (κ2) is 9.91. The first-order valence-corrected chi connectivity index (χ1v) is 5.33. The molecule has 0 heterocycles. The molecular formula is C10H17S. The van der Waals surface area contributed by atoms with Gasteiger partial charge in [0.15, 0.2) is 0 Å². The van der Waals surface area contributed by atoms with E-state index in [1.807, 2.05) is 11.8 Å². The summed E-state index contributed by atoms with van der Waals surface area (Å²) < 4.78 is 0. The summed E-state index contributed by atoms with van der Waals surface area (Å²) >= 11 is 1.93. The van der Waals surface area contributed by atoms with Crippen LogP contribution in [0.15, 0.2) is 0 Å². The van der Waals surface area contributed by atoms with Gasteiger partial charge in [-0.3, -0.25) is 0 Å². The van der Waals surface area contributed by atoms with Crippen LogP contribution in [0, 0.1) is 18.1 Å². The Morgan fingerprint density at radius 2 is 2.18 bits per heavy atom. The molecule has 0 saturated carbocycles. The predicted octanol–water partition coefficient (Wildman–Crippen LogP) is 3.48. The van der Waals surface area contributed by atoms with Crippen LogP contribution in [0.1, 0.15) is 39.0 Å². The maximum Gasteiger partial charge on any atom is 0.0163 e. The molecule has 0 nitrogen and oxygen atoms in total. The van der Waals surface area contributed by atoms with E-state index < -0.39 is 0 Å². The molecule has 0 aliphatic rings. The van der Waals surface area contributed by atoms with Crippen LogP contribution in [-0.4, -0.2) is 5.75 Å². The Bertz CT molecular complexity index is 102. The van der Waals surface area contributed by atoms with Crippen LogP contribution in [0.25, 0.3) is 0 Å². The summed E-state index contributed by atoms with van der Waals surface area (Å²) in [6.07, 6.45) is 11.0. The molecule has 0 aromatic rings. The summed E-state index contributed by atoms with van der Waals surface area (Å²) in [4.78, 5) is 0. The molecule has 1 radical (unpaired) electrons. The van der Waals surface area contributed by atoms with Crippen molar-refractivity contribution in [2.75, 3.05) is 5.75 Å². The van der Waals surface area contributed by atoms with Gasteiger partial charge in [-0.1, -0.05) is 13.3 Å². The van der Waals surface area contributed by atoms with E-state index in [9.17, 15) is 0 Å². The van der Waals surface area contributed by atoms with Crippen LogP contribution in [0.5, 0.6) is 0 Å². The van der Waals surface area contributed by atoms with Gasteiger partial charge in [-0.05, 0) is 25.0 Å². The van der Waals surface area contributed by atoms with E-state index in [1.165, 1.54) is 31.4 Å². The molecule has 63 valence electrons. The number of rotatable bonds is 7. The van der Waals surface area contributed by atoms with Gasteiger partial charge in [-0.15, -0.1) is 12.3 Å². The van der Waals surface area contributed by atoms with Crippen LogP contribution in [0.3, 0.4) is 0 Å². The van der Waals surface area contributed by atoms with Crippen LogP contribution in [0.4, 0.5) is 0 Å². The first-order chi connectivity index (χ1) is 5.41. The van der Waals surface area contributed by atoms with Crippen molar-refractivity contribution in [3.8, 4) is 12.3 Å². The van der Waals surface area contributed by atoms with Gasteiger partial charge in [-0.2, -0.15) is 11.8 Å². The van der Waals surface area contributed by atoms with Crippen molar-refractivity contribution in [2.24, 2.45) is 0 Å². The van der Waals surface area contributed by atoms with Crippen molar-refractivity contribution in [3.63, 3.8) is 0 Å². The summed E-state index contributed by atoms with van der Waals surface area (Å²) in [6, 6.07) is 0. The third-order valence-corrected chi connectivity index (χ3v) is 2.46. The topological polar surface area (TPSA) is 0 Å². The lowest BCUT2D eigenvalue weighted by atomic mass is 10.2. The summed E-state index contributed by atoms with van der Waals surface area (Å²) in [5.74, 6) is 6.18. The summed E-state index contributed by atoms with van der Waals surface area (Å²) in [5.41, 5.74) is 0. The second-order valence-corrected chi connectivity index (χ2v) is 3.54. The Labute approximate surface area is 75.1 Å². The molecule has 0 saturated heterocycles. The standard InChI is InChI=1S/C10H17S/c1-3-5-6-7-8-10-11-9-4-2/h1,9H,4-8,10H2,2H3. The number of unbranched alkanes of at least 4 members (excludes halogenated alkanes) is 3. The van der Waals surface area contributed by atoms with Crippen LogP contribution < -0.4 is 0 Å². The van der Waals surface area contributed by atoms with Crippen molar-refractivity contribution >= 4 is 11.8 Å². The quantitative estimate of drug-likeness (QED) is 0.415. The maximum absolute atomic E-state index is 5.13. The molecular weight excluding hydrogens is 152 g/mol. The molecule has 1 heteroatoms. The number of hydrogen-bond donors (Lipinski definition) is 0. The highest BCUT2D eigenvalue weighted by Gasteiger charge is 1.88. The third kappa shape index (κ3) is 9.91. The van der Waals surface area contributed by atoms with E-state index in [4.69, 9.17) is 6.42 Å². The van der Waals surface area contributed by atoms with Gasteiger partial charge in [0.2, 0.25) is 0 Å². The first-order valence-electron chi connectivity index (χ1n) is 4.28. The fraction of sp³-hybridized carbons (Fsp3) is 0.700. The van der Waals surface area contributed by atoms with Gasteiger partial charge in [-0.25, -0.2) is 0 Å². The van der Waals surface area contributed by atoms with E-state index in [0.717, 1.165) is 6.42 Å². The molecule has 0 aliphatic carbocycles. The molecule has 0 amide bonds. The highest BCUT2D eigenvalue weighted by Crippen LogP contribution is 2.11. The van der Waals surface area contributed by atoms with Gasteiger partial charge in [0.1, 0.15) is 0 Å². The van der Waals surface area contributed by atoms with Crippen molar-refractivity contribution in [1.82, 2.24) is 0 Å². The molecule has 0 aromatic carbocycles. The Kier molecular flexibility index (Phi) is 9.83. The molecule has 0 rings (SSSR count). The average Bonchev–Trinajstić information content (AvgIpc) is 2.03. The van der Waals surface area contributed by atoms with E-state index in [0.29, 0.717) is 0 Å². The molecule has 0 N–H and O–H groups in total. The molecule has 0 aromatic heterocycles. The molecule has 11 heavy (non-hydrogen) atoms. The molecule has 0 spiro atoms. The van der Waals surface area contributed by atoms with Crippen molar-refractivity contribution in [1.29, 1.82) is 0 Å². The van der Waals surface area contributed by atoms with Crippen molar-refractivity contribution in [3.05, 3.63) is 5.75 Å². The van der Waals surface area contributed by atoms with Crippen LogP contribution >= 0.6 is 11.8 Å². The van der Waals surface area contributed by atoms with Crippen molar-refractivity contribution in [2.45, 2.75) is 39.0 Å². The first kappa shape index (κ1) is 10.9. The normalized spacial score (nSPS) is 9.45. The summed E-state index contributed by atoms with van der Waals surface area (Å²) in [6.45, 7) is 2.17. The predicted molar refractivity (Wildman–Crippen MR) is 54.4 cm³/mol. The van der Waals surface area contributed by atoms with E-state index in [2.05, 4.69) is 18.6 Å². The van der Waals surface area contributed by atoms with E-state index in [-0.39, 0.29) is 0 Å². The minimum Gasteiger partial charge on any atom is -0.157 e. The Morgan fingerprint density at radius 3 is 2.82 bits per heavy atom. The zero-order valence-corrected chi connectivity index (χ0v) is 8.12. The van der Waals surface area contributed by atoms with Gasteiger partial charge >= 0.3 is 0 Å². The lowest BCUT2D eigenvalue weighted by Crippen LogP contribution is -1.80.